The van der Waals surface area contributed by atoms with Gasteiger partial charge < -0.3 is 14.6 Å². The Morgan fingerprint density at radius 3 is 3.00 bits per heavy atom. The van der Waals surface area contributed by atoms with Crippen LogP contribution in [0.4, 0.5) is 4.79 Å². The number of amides is 1. The second-order valence-corrected chi connectivity index (χ2v) is 5.64. The second-order valence-electron chi connectivity index (χ2n) is 5.64. The summed E-state index contributed by atoms with van der Waals surface area (Å²) in [5, 5.41) is 1.24. The summed E-state index contributed by atoms with van der Waals surface area (Å²) in [7, 11) is 0. The molecule has 0 bridgehead atoms. The lowest BCUT2D eigenvalue weighted by molar-refractivity contribution is 0.105. The Kier molecular flexibility index (Phi) is 4.47. The van der Waals surface area contributed by atoms with E-state index in [0.717, 1.165) is 31.3 Å². The van der Waals surface area contributed by atoms with Gasteiger partial charge in [-0.15, -0.1) is 0 Å². The average molecular weight is 298 g/mol. The molecule has 0 saturated carbocycles. The number of H-pyrrole nitrogens is 1. The van der Waals surface area contributed by atoms with E-state index in [2.05, 4.69) is 42.4 Å². The largest absolute Gasteiger partial charge is 0.449 e. The van der Waals surface area contributed by atoms with Crippen LogP contribution < -0.4 is 0 Å². The first kappa shape index (κ1) is 14.7. The van der Waals surface area contributed by atoms with Crippen LogP contribution in [0.5, 0.6) is 0 Å². The molecule has 1 aromatic heterocycles. The quantitative estimate of drug-likeness (QED) is 0.860. The minimum absolute atomic E-state index is 0.192. The van der Waals surface area contributed by atoms with Gasteiger partial charge in [-0.25, -0.2) is 4.79 Å². The highest BCUT2D eigenvalue weighted by Gasteiger charge is 2.20. The Morgan fingerprint density at radius 1 is 1.36 bits per heavy atom. The van der Waals surface area contributed by atoms with Crippen LogP contribution in [0, 0.1) is 0 Å². The van der Waals surface area contributed by atoms with Crippen LogP contribution in [-0.2, 0) is 4.74 Å². The molecule has 0 saturated heterocycles. The van der Waals surface area contributed by atoms with Crippen LogP contribution in [0.25, 0.3) is 16.5 Å². The maximum atomic E-state index is 11.9. The average Bonchev–Trinajstić information content (AvgIpc) is 2.99. The van der Waals surface area contributed by atoms with Crippen molar-refractivity contribution in [2.24, 2.45) is 0 Å². The van der Waals surface area contributed by atoms with E-state index in [0.29, 0.717) is 13.2 Å². The highest BCUT2D eigenvalue weighted by molar-refractivity contribution is 5.93. The lowest BCUT2D eigenvalue weighted by Gasteiger charge is -2.25. The zero-order valence-electron chi connectivity index (χ0n) is 13.0. The van der Waals surface area contributed by atoms with E-state index < -0.39 is 0 Å². The molecule has 1 aliphatic heterocycles. The number of fused-ring (bicyclic) bond motifs is 1. The van der Waals surface area contributed by atoms with Crippen LogP contribution in [0.1, 0.15) is 31.7 Å². The number of carbonyl (C=O) groups excluding carboxylic acids is 1. The molecule has 1 aliphatic rings. The molecule has 2 aromatic rings. The molecule has 0 radical (unpaired) electrons. The Hall–Kier alpha value is -2.23. The minimum atomic E-state index is -0.192. The SMILES string of the molecule is CCCCOC(=O)N1CC=C(c2c[nH]c3ccccc23)CC1. The van der Waals surface area contributed by atoms with Crippen molar-refractivity contribution in [3.8, 4) is 0 Å². The number of aromatic nitrogens is 1. The Bertz CT molecular complexity index is 687. The number of hydrogen-bond acceptors (Lipinski definition) is 2. The normalized spacial score (nSPS) is 15.0. The fourth-order valence-electron chi connectivity index (χ4n) is 2.81. The van der Waals surface area contributed by atoms with Gasteiger partial charge in [-0.3, -0.25) is 0 Å². The molecule has 1 aromatic carbocycles. The Balaban J connectivity index is 1.67. The van der Waals surface area contributed by atoms with Gasteiger partial charge in [0.05, 0.1) is 6.61 Å². The zero-order chi connectivity index (χ0) is 15.4. The first-order valence-corrected chi connectivity index (χ1v) is 7.97. The maximum Gasteiger partial charge on any atom is 0.410 e. The summed E-state index contributed by atoms with van der Waals surface area (Å²) in [6.45, 7) is 3.95. The van der Waals surface area contributed by atoms with Crippen LogP contribution in [0.15, 0.2) is 36.5 Å². The fourth-order valence-corrected chi connectivity index (χ4v) is 2.81. The van der Waals surface area contributed by atoms with E-state index >= 15 is 0 Å². The minimum Gasteiger partial charge on any atom is -0.449 e. The van der Waals surface area contributed by atoms with Crippen molar-refractivity contribution >= 4 is 22.6 Å². The number of hydrogen-bond donors (Lipinski definition) is 1. The third-order valence-corrected chi connectivity index (χ3v) is 4.13. The van der Waals surface area contributed by atoms with Crippen molar-refractivity contribution in [1.82, 2.24) is 9.88 Å². The highest BCUT2D eigenvalue weighted by atomic mass is 16.6. The topological polar surface area (TPSA) is 45.3 Å². The third-order valence-electron chi connectivity index (χ3n) is 4.13. The Labute approximate surface area is 130 Å². The summed E-state index contributed by atoms with van der Waals surface area (Å²) in [6, 6.07) is 8.30. The summed E-state index contributed by atoms with van der Waals surface area (Å²) < 4.78 is 5.27. The van der Waals surface area contributed by atoms with E-state index in [1.165, 1.54) is 16.5 Å². The van der Waals surface area contributed by atoms with E-state index in [4.69, 9.17) is 4.74 Å². The molecule has 1 N–H and O–H groups in total. The number of unbranched alkanes of at least 4 members (excludes halogenated alkanes) is 1. The van der Waals surface area contributed by atoms with Crippen molar-refractivity contribution in [3.63, 3.8) is 0 Å². The molecule has 4 heteroatoms. The zero-order valence-corrected chi connectivity index (χ0v) is 13.0. The van der Waals surface area contributed by atoms with Gasteiger partial charge in [-0.2, -0.15) is 0 Å². The van der Waals surface area contributed by atoms with Gasteiger partial charge in [-0.05, 0) is 24.5 Å². The molecular formula is C18H22N2O2. The summed E-state index contributed by atoms with van der Waals surface area (Å²) in [4.78, 5) is 17.0. The number of nitrogens with one attached hydrogen (secondary N) is 1. The van der Waals surface area contributed by atoms with Crippen molar-refractivity contribution in [2.45, 2.75) is 26.2 Å². The fraction of sp³-hybridized carbons (Fsp3) is 0.389. The smallest absolute Gasteiger partial charge is 0.410 e. The number of nitrogens with zero attached hydrogens (tertiary/aromatic N) is 1. The number of para-hydroxylation sites is 1. The molecule has 2 heterocycles. The first-order valence-electron chi connectivity index (χ1n) is 7.97. The van der Waals surface area contributed by atoms with E-state index in [1.54, 1.807) is 4.90 Å². The van der Waals surface area contributed by atoms with Gasteiger partial charge in [-0.1, -0.05) is 37.6 Å². The standard InChI is InChI=1S/C18H22N2O2/c1-2-3-12-22-18(21)20-10-8-14(9-11-20)16-13-19-17-7-5-4-6-15(16)17/h4-8,13,19H,2-3,9-12H2,1H3. The molecule has 3 rings (SSSR count). The Morgan fingerprint density at radius 2 is 2.23 bits per heavy atom. The monoisotopic (exact) mass is 298 g/mol. The predicted molar refractivity (Wildman–Crippen MR) is 88.7 cm³/mol. The number of carbonyl (C=O) groups is 1. The van der Waals surface area contributed by atoms with E-state index in [1.807, 2.05) is 6.07 Å². The van der Waals surface area contributed by atoms with Gasteiger partial charge in [0, 0.05) is 35.8 Å². The highest BCUT2D eigenvalue weighted by Crippen LogP contribution is 2.29. The third kappa shape index (κ3) is 3.01. The lowest BCUT2D eigenvalue weighted by Crippen LogP contribution is -2.35. The molecule has 22 heavy (non-hydrogen) atoms. The molecule has 0 unspecified atom stereocenters. The van der Waals surface area contributed by atoms with Crippen molar-refractivity contribution < 1.29 is 9.53 Å². The molecule has 0 aliphatic carbocycles. The molecular weight excluding hydrogens is 276 g/mol. The first-order chi connectivity index (χ1) is 10.8. The van der Waals surface area contributed by atoms with Crippen molar-refractivity contribution in [3.05, 3.63) is 42.1 Å². The maximum absolute atomic E-state index is 11.9. The van der Waals surface area contributed by atoms with Gasteiger partial charge in [0.1, 0.15) is 0 Å². The summed E-state index contributed by atoms with van der Waals surface area (Å²) in [5.41, 5.74) is 3.70. The van der Waals surface area contributed by atoms with Crippen molar-refractivity contribution in [2.75, 3.05) is 19.7 Å². The summed E-state index contributed by atoms with van der Waals surface area (Å²) in [5.74, 6) is 0. The molecule has 0 atom stereocenters. The van der Waals surface area contributed by atoms with Gasteiger partial charge >= 0.3 is 6.09 Å². The number of ether oxygens (including phenoxy) is 1. The molecule has 4 nitrogen and oxygen atoms in total. The van der Waals surface area contributed by atoms with Crippen LogP contribution >= 0.6 is 0 Å². The van der Waals surface area contributed by atoms with Crippen LogP contribution in [-0.4, -0.2) is 35.7 Å². The van der Waals surface area contributed by atoms with Gasteiger partial charge in [0.25, 0.3) is 0 Å². The number of aromatic amines is 1. The molecule has 0 spiro atoms. The van der Waals surface area contributed by atoms with Crippen LogP contribution in [0.2, 0.25) is 0 Å². The van der Waals surface area contributed by atoms with Crippen LogP contribution in [0.3, 0.4) is 0 Å². The van der Waals surface area contributed by atoms with Gasteiger partial charge in [0.15, 0.2) is 0 Å². The number of rotatable bonds is 4. The number of benzene rings is 1. The summed E-state index contributed by atoms with van der Waals surface area (Å²) >= 11 is 0. The predicted octanol–water partition coefficient (Wildman–Crippen LogP) is 4.19. The summed E-state index contributed by atoms with van der Waals surface area (Å²) in [6.07, 6.45) is 6.84. The molecule has 116 valence electrons. The van der Waals surface area contributed by atoms with Crippen molar-refractivity contribution in [1.29, 1.82) is 0 Å². The van der Waals surface area contributed by atoms with E-state index in [9.17, 15) is 4.79 Å². The molecule has 1 amide bonds. The lowest BCUT2D eigenvalue weighted by atomic mass is 9.99. The molecule has 0 fully saturated rings. The van der Waals surface area contributed by atoms with Gasteiger partial charge in [0.2, 0.25) is 0 Å². The van der Waals surface area contributed by atoms with E-state index in [-0.39, 0.29) is 6.09 Å². The second kappa shape index (κ2) is 6.69.